The Labute approximate surface area is 79.3 Å². The van der Waals surface area contributed by atoms with E-state index in [1.807, 2.05) is 0 Å². The number of nitrogens with zero attached hydrogens (tertiary/aromatic N) is 2. The highest BCUT2D eigenvalue weighted by Gasteiger charge is 2.28. The van der Waals surface area contributed by atoms with Gasteiger partial charge in [-0.3, -0.25) is 4.90 Å². The average molecular weight is 180 g/mol. The molecule has 0 amide bonds. The summed E-state index contributed by atoms with van der Waals surface area (Å²) in [6.45, 7) is 3.90. The molecule has 72 valence electrons. The van der Waals surface area contributed by atoms with Gasteiger partial charge in [-0.2, -0.15) is 5.26 Å². The van der Waals surface area contributed by atoms with Gasteiger partial charge in [-0.25, -0.2) is 0 Å². The second-order valence-electron chi connectivity index (χ2n) is 3.95. The van der Waals surface area contributed by atoms with Crippen molar-refractivity contribution in [3.63, 3.8) is 0 Å². The van der Waals surface area contributed by atoms with Crippen LogP contribution in [-0.2, 0) is 4.74 Å². The van der Waals surface area contributed by atoms with Crippen molar-refractivity contribution in [2.24, 2.45) is 5.92 Å². The normalized spacial score (nSPS) is 31.8. The van der Waals surface area contributed by atoms with E-state index >= 15 is 0 Å². The Morgan fingerprint density at radius 3 is 2.62 bits per heavy atom. The molecule has 2 aliphatic rings. The zero-order valence-electron chi connectivity index (χ0n) is 7.91. The molecule has 13 heavy (non-hydrogen) atoms. The lowest BCUT2D eigenvalue weighted by Gasteiger charge is -2.30. The number of rotatable bonds is 1. The Kier molecular flexibility index (Phi) is 2.82. The second kappa shape index (κ2) is 4.08. The molecule has 2 saturated heterocycles. The van der Waals surface area contributed by atoms with Crippen LogP contribution in [0.15, 0.2) is 0 Å². The standard InChI is InChI=1S/C10H16N2O/c11-7-9-1-4-12(8-9)10-2-5-13-6-3-10/h9-10H,1-6,8H2. The van der Waals surface area contributed by atoms with Gasteiger partial charge in [0.25, 0.3) is 0 Å². The maximum atomic E-state index is 8.78. The molecule has 0 aromatic carbocycles. The van der Waals surface area contributed by atoms with Gasteiger partial charge in [-0.1, -0.05) is 0 Å². The lowest BCUT2D eigenvalue weighted by molar-refractivity contribution is 0.0417. The van der Waals surface area contributed by atoms with Crippen LogP contribution in [0.4, 0.5) is 0 Å². The highest BCUT2D eigenvalue weighted by atomic mass is 16.5. The number of nitriles is 1. The van der Waals surface area contributed by atoms with Crippen molar-refractivity contribution in [1.82, 2.24) is 4.90 Å². The van der Waals surface area contributed by atoms with Gasteiger partial charge in [0.05, 0.1) is 12.0 Å². The quantitative estimate of drug-likeness (QED) is 0.604. The molecule has 0 bridgehead atoms. The molecular weight excluding hydrogens is 164 g/mol. The summed E-state index contributed by atoms with van der Waals surface area (Å²) in [6, 6.07) is 3.05. The number of hydrogen-bond acceptors (Lipinski definition) is 3. The summed E-state index contributed by atoms with van der Waals surface area (Å²) in [5.74, 6) is 0.280. The predicted molar refractivity (Wildman–Crippen MR) is 49.1 cm³/mol. The third-order valence-corrected chi connectivity index (χ3v) is 3.11. The topological polar surface area (TPSA) is 36.3 Å². The van der Waals surface area contributed by atoms with Crippen LogP contribution in [0.25, 0.3) is 0 Å². The summed E-state index contributed by atoms with van der Waals surface area (Å²) in [5, 5.41) is 8.78. The molecule has 1 atom stereocenters. The van der Waals surface area contributed by atoms with Crippen molar-refractivity contribution in [3.05, 3.63) is 0 Å². The lowest BCUT2D eigenvalue weighted by Crippen LogP contribution is -2.37. The van der Waals surface area contributed by atoms with Gasteiger partial charge in [0.1, 0.15) is 0 Å². The van der Waals surface area contributed by atoms with Gasteiger partial charge in [0.2, 0.25) is 0 Å². The molecule has 2 heterocycles. The van der Waals surface area contributed by atoms with Gasteiger partial charge in [0.15, 0.2) is 0 Å². The van der Waals surface area contributed by atoms with Crippen LogP contribution in [-0.4, -0.2) is 37.2 Å². The highest BCUT2D eigenvalue weighted by Crippen LogP contribution is 2.22. The van der Waals surface area contributed by atoms with Gasteiger partial charge < -0.3 is 4.74 Å². The van der Waals surface area contributed by atoms with Crippen LogP contribution in [0.5, 0.6) is 0 Å². The zero-order chi connectivity index (χ0) is 9.10. The van der Waals surface area contributed by atoms with Crippen molar-refractivity contribution >= 4 is 0 Å². The smallest absolute Gasteiger partial charge is 0.0669 e. The number of hydrogen-bond donors (Lipinski definition) is 0. The number of likely N-dealkylation sites (tertiary alicyclic amines) is 1. The van der Waals surface area contributed by atoms with E-state index in [2.05, 4.69) is 11.0 Å². The molecule has 0 aromatic heterocycles. The molecular formula is C10H16N2O. The molecule has 3 heteroatoms. The van der Waals surface area contributed by atoms with E-state index in [0.29, 0.717) is 6.04 Å². The highest BCUT2D eigenvalue weighted by molar-refractivity contribution is 4.93. The van der Waals surface area contributed by atoms with Gasteiger partial charge in [-0.05, 0) is 25.8 Å². The van der Waals surface area contributed by atoms with Crippen LogP contribution < -0.4 is 0 Å². The summed E-state index contributed by atoms with van der Waals surface area (Å²) < 4.78 is 5.32. The summed E-state index contributed by atoms with van der Waals surface area (Å²) >= 11 is 0. The average Bonchev–Trinajstić information content (AvgIpc) is 2.67. The fourth-order valence-corrected chi connectivity index (χ4v) is 2.27. The molecule has 2 fully saturated rings. The monoisotopic (exact) mass is 180 g/mol. The third-order valence-electron chi connectivity index (χ3n) is 3.11. The Morgan fingerprint density at radius 2 is 2.00 bits per heavy atom. The van der Waals surface area contributed by atoms with Gasteiger partial charge in [-0.15, -0.1) is 0 Å². The number of ether oxygens (including phenoxy) is 1. The minimum absolute atomic E-state index is 0.280. The predicted octanol–water partition coefficient (Wildman–Crippen LogP) is 1.01. The van der Waals surface area contributed by atoms with Crippen molar-refractivity contribution in [1.29, 1.82) is 5.26 Å². The first-order valence-electron chi connectivity index (χ1n) is 5.11. The fourth-order valence-electron chi connectivity index (χ4n) is 2.27. The fraction of sp³-hybridized carbons (Fsp3) is 0.900. The first kappa shape index (κ1) is 8.98. The summed E-state index contributed by atoms with van der Waals surface area (Å²) in [7, 11) is 0. The van der Waals surface area contributed by atoms with Crippen LogP contribution in [0, 0.1) is 17.2 Å². The van der Waals surface area contributed by atoms with E-state index in [1.54, 1.807) is 0 Å². The van der Waals surface area contributed by atoms with Gasteiger partial charge in [0, 0.05) is 25.8 Å². The molecule has 2 rings (SSSR count). The molecule has 0 aromatic rings. The zero-order valence-corrected chi connectivity index (χ0v) is 7.91. The van der Waals surface area contributed by atoms with E-state index in [1.165, 1.54) is 0 Å². The first-order chi connectivity index (χ1) is 6.40. The summed E-state index contributed by atoms with van der Waals surface area (Å²) in [5.41, 5.74) is 0. The molecule has 3 nitrogen and oxygen atoms in total. The van der Waals surface area contributed by atoms with E-state index in [-0.39, 0.29) is 5.92 Å². The van der Waals surface area contributed by atoms with E-state index < -0.39 is 0 Å². The van der Waals surface area contributed by atoms with Crippen molar-refractivity contribution in [2.45, 2.75) is 25.3 Å². The molecule has 0 N–H and O–H groups in total. The largest absolute Gasteiger partial charge is 0.381 e. The summed E-state index contributed by atoms with van der Waals surface area (Å²) in [4.78, 5) is 2.47. The second-order valence-corrected chi connectivity index (χ2v) is 3.95. The maximum Gasteiger partial charge on any atom is 0.0669 e. The van der Waals surface area contributed by atoms with Gasteiger partial charge >= 0.3 is 0 Å². The van der Waals surface area contributed by atoms with Crippen molar-refractivity contribution in [3.8, 4) is 6.07 Å². The Bertz CT molecular complexity index is 205. The van der Waals surface area contributed by atoms with Crippen molar-refractivity contribution in [2.75, 3.05) is 26.3 Å². The van der Waals surface area contributed by atoms with E-state index in [0.717, 1.165) is 45.6 Å². The molecule has 0 spiro atoms. The Morgan fingerprint density at radius 1 is 1.23 bits per heavy atom. The maximum absolute atomic E-state index is 8.78. The lowest BCUT2D eigenvalue weighted by atomic mass is 10.1. The Balaban J connectivity index is 1.84. The van der Waals surface area contributed by atoms with Crippen LogP contribution in [0.1, 0.15) is 19.3 Å². The Hall–Kier alpha value is -0.590. The van der Waals surface area contributed by atoms with Crippen LogP contribution in [0.3, 0.4) is 0 Å². The molecule has 0 radical (unpaired) electrons. The first-order valence-corrected chi connectivity index (χ1v) is 5.11. The SMILES string of the molecule is N#CC1CCN(C2CCOCC2)C1. The third kappa shape index (κ3) is 2.01. The molecule has 0 aliphatic carbocycles. The van der Waals surface area contributed by atoms with Crippen LogP contribution >= 0.6 is 0 Å². The van der Waals surface area contributed by atoms with E-state index in [4.69, 9.17) is 10.00 Å². The minimum Gasteiger partial charge on any atom is -0.381 e. The molecule has 2 aliphatic heterocycles. The van der Waals surface area contributed by atoms with Crippen molar-refractivity contribution < 1.29 is 4.74 Å². The summed E-state index contributed by atoms with van der Waals surface area (Å²) in [6.07, 6.45) is 3.37. The molecule has 1 unspecified atom stereocenters. The minimum atomic E-state index is 0.280. The molecule has 0 saturated carbocycles. The van der Waals surface area contributed by atoms with Crippen LogP contribution in [0.2, 0.25) is 0 Å². The van der Waals surface area contributed by atoms with E-state index in [9.17, 15) is 0 Å².